The Labute approximate surface area is 118 Å². The van der Waals surface area contributed by atoms with E-state index in [4.69, 9.17) is 4.74 Å². The quantitative estimate of drug-likeness (QED) is 0.520. The highest BCUT2D eigenvalue weighted by Gasteiger charge is 2.56. The van der Waals surface area contributed by atoms with Crippen LogP contribution in [0.4, 0.5) is 0 Å². The lowest BCUT2D eigenvalue weighted by Gasteiger charge is -2.48. The fourth-order valence-corrected chi connectivity index (χ4v) is 2.96. The summed E-state index contributed by atoms with van der Waals surface area (Å²) in [6.07, 6.45) is 0.856. The van der Waals surface area contributed by atoms with Gasteiger partial charge < -0.3 is 9.84 Å². The maximum Gasteiger partial charge on any atom is 0.319 e. The first kappa shape index (κ1) is 14.7. The molecule has 0 spiro atoms. The van der Waals surface area contributed by atoms with Gasteiger partial charge in [-0.3, -0.25) is 9.59 Å². The Bertz CT molecular complexity index is 513. The molecule has 1 aromatic carbocycles. The van der Waals surface area contributed by atoms with Gasteiger partial charge in [0.2, 0.25) is 0 Å². The van der Waals surface area contributed by atoms with Gasteiger partial charge >= 0.3 is 5.97 Å². The minimum atomic E-state index is -1.24. The number of benzene rings is 1. The molecule has 4 nitrogen and oxygen atoms in total. The van der Waals surface area contributed by atoms with Crippen LogP contribution in [-0.2, 0) is 9.53 Å². The second kappa shape index (κ2) is 5.02. The summed E-state index contributed by atoms with van der Waals surface area (Å²) in [7, 11) is 1.29. The molecule has 0 heterocycles. The fourth-order valence-electron chi connectivity index (χ4n) is 2.96. The third-order valence-electron chi connectivity index (χ3n) is 4.31. The summed E-state index contributed by atoms with van der Waals surface area (Å²) < 4.78 is 4.84. The molecule has 1 aliphatic rings. The molecule has 1 aliphatic carbocycles. The van der Waals surface area contributed by atoms with E-state index in [1.807, 2.05) is 6.07 Å². The third-order valence-corrected chi connectivity index (χ3v) is 4.31. The Morgan fingerprint density at radius 2 is 1.85 bits per heavy atom. The lowest BCUT2D eigenvalue weighted by atomic mass is 9.57. The van der Waals surface area contributed by atoms with Gasteiger partial charge in [0, 0.05) is 5.56 Å². The second-order valence-corrected chi connectivity index (χ2v) is 5.99. The van der Waals surface area contributed by atoms with E-state index in [9.17, 15) is 14.7 Å². The molecule has 0 aromatic heterocycles. The van der Waals surface area contributed by atoms with Gasteiger partial charge in [-0.25, -0.2) is 0 Å². The van der Waals surface area contributed by atoms with Crippen molar-refractivity contribution in [1.82, 2.24) is 0 Å². The maximum absolute atomic E-state index is 12.7. The van der Waals surface area contributed by atoms with Crippen molar-refractivity contribution >= 4 is 11.8 Å². The van der Waals surface area contributed by atoms with Crippen LogP contribution in [0, 0.1) is 11.3 Å². The summed E-state index contributed by atoms with van der Waals surface area (Å²) >= 11 is 0. The molecule has 108 valence electrons. The summed E-state index contributed by atoms with van der Waals surface area (Å²) in [4.78, 5) is 24.9. The molecule has 1 atom stereocenters. The maximum atomic E-state index is 12.7. The fraction of sp³-hybridized carbons (Fsp3) is 0.500. The molecular formula is C16H20O4. The molecule has 0 bridgehead atoms. The summed E-state index contributed by atoms with van der Waals surface area (Å²) in [5.74, 6) is -0.977. The minimum absolute atomic E-state index is 0.197. The number of carbonyl (C=O) groups is 2. The Balaban J connectivity index is 2.33. The summed E-state index contributed by atoms with van der Waals surface area (Å²) in [5.41, 5.74) is -1.54. The van der Waals surface area contributed by atoms with Crippen LogP contribution in [0.3, 0.4) is 0 Å². The van der Waals surface area contributed by atoms with Crippen LogP contribution in [0.15, 0.2) is 30.3 Å². The minimum Gasteiger partial charge on any atom is -0.468 e. The smallest absolute Gasteiger partial charge is 0.319 e. The average molecular weight is 276 g/mol. The largest absolute Gasteiger partial charge is 0.468 e. The van der Waals surface area contributed by atoms with E-state index in [0.29, 0.717) is 18.4 Å². The van der Waals surface area contributed by atoms with Crippen molar-refractivity contribution in [3.8, 4) is 0 Å². The number of aliphatic hydroxyl groups is 1. The van der Waals surface area contributed by atoms with Gasteiger partial charge in [-0.1, -0.05) is 30.3 Å². The lowest BCUT2D eigenvalue weighted by molar-refractivity contribution is -0.161. The number of hydrogen-bond acceptors (Lipinski definition) is 4. The number of esters is 1. The van der Waals surface area contributed by atoms with Crippen molar-refractivity contribution in [2.45, 2.75) is 32.3 Å². The number of ether oxygens (including phenoxy) is 1. The third kappa shape index (κ3) is 2.36. The molecule has 0 saturated heterocycles. The normalized spacial score (nSPS) is 28.1. The van der Waals surface area contributed by atoms with Crippen LogP contribution >= 0.6 is 0 Å². The molecule has 1 N–H and O–H groups in total. The first-order chi connectivity index (χ1) is 9.31. The van der Waals surface area contributed by atoms with Crippen molar-refractivity contribution < 1.29 is 19.4 Å². The summed E-state index contributed by atoms with van der Waals surface area (Å²) in [6, 6.07) is 8.74. The van der Waals surface area contributed by atoms with Gasteiger partial charge in [-0.05, 0) is 32.6 Å². The molecule has 4 heteroatoms. The highest BCUT2D eigenvalue weighted by Crippen LogP contribution is 2.49. The molecule has 20 heavy (non-hydrogen) atoms. The van der Waals surface area contributed by atoms with E-state index in [2.05, 4.69) is 0 Å². The molecule has 1 saturated carbocycles. The highest BCUT2D eigenvalue weighted by molar-refractivity contribution is 6.12. The molecule has 1 fully saturated rings. The van der Waals surface area contributed by atoms with E-state index in [1.165, 1.54) is 7.11 Å². The monoisotopic (exact) mass is 276 g/mol. The number of rotatable bonds is 4. The van der Waals surface area contributed by atoms with Crippen molar-refractivity contribution in [2.75, 3.05) is 7.11 Å². The Morgan fingerprint density at radius 1 is 1.30 bits per heavy atom. The molecule has 1 unspecified atom stereocenters. The number of ketones is 1. The zero-order valence-electron chi connectivity index (χ0n) is 12.1. The number of Topliss-reactive ketones (excluding diaryl/α,β-unsaturated/α-hetero) is 1. The zero-order valence-corrected chi connectivity index (χ0v) is 12.1. The van der Waals surface area contributed by atoms with Crippen LogP contribution < -0.4 is 0 Å². The van der Waals surface area contributed by atoms with E-state index in [0.717, 1.165) is 0 Å². The number of hydrogen-bond donors (Lipinski definition) is 1. The van der Waals surface area contributed by atoms with Gasteiger partial charge in [-0.15, -0.1) is 0 Å². The van der Waals surface area contributed by atoms with E-state index in [1.54, 1.807) is 38.1 Å². The molecule has 1 aromatic rings. The Morgan fingerprint density at radius 3 is 2.30 bits per heavy atom. The van der Waals surface area contributed by atoms with E-state index in [-0.39, 0.29) is 11.7 Å². The number of carbonyl (C=O) groups excluding carboxylic acids is 2. The van der Waals surface area contributed by atoms with Crippen molar-refractivity contribution in [3.05, 3.63) is 35.9 Å². The molecular weight excluding hydrogens is 256 g/mol. The predicted octanol–water partition coefficient (Wildman–Crippen LogP) is 2.21. The topological polar surface area (TPSA) is 63.6 Å². The second-order valence-electron chi connectivity index (χ2n) is 5.99. The van der Waals surface area contributed by atoms with E-state index < -0.39 is 17.0 Å². The van der Waals surface area contributed by atoms with Crippen LogP contribution in [0.1, 0.15) is 37.0 Å². The van der Waals surface area contributed by atoms with Crippen LogP contribution in [-0.4, -0.2) is 29.6 Å². The first-order valence-electron chi connectivity index (χ1n) is 6.72. The van der Waals surface area contributed by atoms with Crippen LogP contribution in [0.5, 0.6) is 0 Å². The zero-order chi connectivity index (χ0) is 15.0. The van der Waals surface area contributed by atoms with Gasteiger partial charge in [0.15, 0.2) is 5.78 Å². The summed E-state index contributed by atoms with van der Waals surface area (Å²) in [6.45, 7) is 3.34. The van der Waals surface area contributed by atoms with Crippen molar-refractivity contribution in [1.29, 1.82) is 0 Å². The Hall–Kier alpha value is -1.68. The molecule has 0 amide bonds. The molecule has 0 radical (unpaired) electrons. The van der Waals surface area contributed by atoms with E-state index >= 15 is 0 Å². The summed E-state index contributed by atoms with van der Waals surface area (Å²) in [5, 5.41) is 9.89. The highest BCUT2D eigenvalue weighted by atomic mass is 16.5. The lowest BCUT2D eigenvalue weighted by Crippen LogP contribution is -2.54. The van der Waals surface area contributed by atoms with Crippen LogP contribution in [0.25, 0.3) is 0 Å². The van der Waals surface area contributed by atoms with Gasteiger partial charge in [0.1, 0.15) is 5.41 Å². The van der Waals surface area contributed by atoms with Gasteiger partial charge in [0.25, 0.3) is 0 Å². The van der Waals surface area contributed by atoms with Gasteiger partial charge in [0.05, 0.1) is 12.7 Å². The first-order valence-corrected chi connectivity index (χ1v) is 6.72. The average Bonchev–Trinajstić information content (AvgIpc) is 2.43. The predicted molar refractivity (Wildman–Crippen MR) is 74.2 cm³/mol. The van der Waals surface area contributed by atoms with Crippen molar-refractivity contribution in [3.63, 3.8) is 0 Å². The van der Waals surface area contributed by atoms with Crippen molar-refractivity contribution in [2.24, 2.45) is 11.3 Å². The standard InChI is InChI=1S/C16H20O4/c1-15(19)9-12(10-15)16(2,14(18)20-3)13(17)11-7-5-4-6-8-11/h4-8,12,19H,9-10H2,1-3H3. The Kier molecular flexibility index (Phi) is 3.69. The van der Waals surface area contributed by atoms with Crippen LogP contribution in [0.2, 0.25) is 0 Å². The molecule has 2 rings (SSSR count). The number of methoxy groups -OCH3 is 1. The molecule has 0 aliphatic heterocycles. The SMILES string of the molecule is COC(=O)C(C)(C(=O)c1ccccc1)C1CC(C)(O)C1. The van der Waals surface area contributed by atoms with Gasteiger partial charge in [-0.2, -0.15) is 0 Å².